The third kappa shape index (κ3) is 6.26. The SMILES string of the molecule is CCOc1ccc(NS(=O)(=O)c2cc(NC(=O)c3cccc(NC(C)=O)c3)ccc2OC)cc1. The van der Waals surface area contributed by atoms with Gasteiger partial charge in [-0.05, 0) is 67.6 Å². The molecule has 0 radical (unpaired) electrons. The van der Waals surface area contributed by atoms with Crippen LogP contribution in [0, 0.1) is 0 Å². The number of hydrogen-bond acceptors (Lipinski definition) is 6. The van der Waals surface area contributed by atoms with E-state index < -0.39 is 15.9 Å². The minimum Gasteiger partial charge on any atom is -0.495 e. The summed E-state index contributed by atoms with van der Waals surface area (Å²) >= 11 is 0. The Labute approximate surface area is 198 Å². The minimum atomic E-state index is -4.04. The molecule has 2 amide bonds. The van der Waals surface area contributed by atoms with Gasteiger partial charge in [0.15, 0.2) is 0 Å². The highest BCUT2D eigenvalue weighted by Crippen LogP contribution is 2.29. The number of methoxy groups -OCH3 is 1. The van der Waals surface area contributed by atoms with Crippen molar-refractivity contribution in [2.45, 2.75) is 18.7 Å². The summed E-state index contributed by atoms with van der Waals surface area (Å²) in [5.41, 5.74) is 1.36. The number of hydrogen-bond donors (Lipinski definition) is 3. The molecule has 0 aromatic heterocycles. The molecule has 0 heterocycles. The van der Waals surface area contributed by atoms with Crippen molar-refractivity contribution in [1.82, 2.24) is 0 Å². The van der Waals surface area contributed by atoms with Gasteiger partial charge in [0.25, 0.3) is 15.9 Å². The average molecular weight is 484 g/mol. The molecule has 0 bridgehead atoms. The molecule has 0 atom stereocenters. The fourth-order valence-corrected chi connectivity index (χ4v) is 4.36. The van der Waals surface area contributed by atoms with E-state index in [0.29, 0.717) is 29.3 Å². The maximum atomic E-state index is 13.1. The number of rotatable bonds is 9. The molecule has 3 aromatic carbocycles. The van der Waals surface area contributed by atoms with E-state index in [0.717, 1.165) is 0 Å². The van der Waals surface area contributed by atoms with Crippen molar-refractivity contribution in [3.05, 3.63) is 72.3 Å². The number of sulfonamides is 1. The van der Waals surface area contributed by atoms with Gasteiger partial charge in [-0.3, -0.25) is 14.3 Å². The molecule has 0 saturated heterocycles. The summed E-state index contributed by atoms with van der Waals surface area (Å²) < 4.78 is 39.2. The summed E-state index contributed by atoms with van der Waals surface area (Å²) in [6.07, 6.45) is 0. The number of amides is 2. The van der Waals surface area contributed by atoms with E-state index in [2.05, 4.69) is 15.4 Å². The summed E-state index contributed by atoms with van der Waals surface area (Å²) in [6, 6.07) is 17.2. The Hall–Kier alpha value is -4.05. The lowest BCUT2D eigenvalue weighted by atomic mass is 10.2. The predicted molar refractivity (Wildman–Crippen MR) is 130 cm³/mol. The molecule has 0 fully saturated rings. The second kappa shape index (κ2) is 10.7. The van der Waals surface area contributed by atoms with Crippen LogP contribution in [-0.2, 0) is 14.8 Å². The molecule has 9 nitrogen and oxygen atoms in total. The van der Waals surface area contributed by atoms with Crippen molar-refractivity contribution in [1.29, 1.82) is 0 Å². The monoisotopic (exact) mass is 483 g/mol. The molecular formula is C24H25N3O6S. The van der Waals surface area contributed by atoms with E-state index in [1.54, 1.807) is 42.5 Å². The van der Waals surface area contributed by atoms with Crippen molar-refractivity contribution in [3.63, 3.8) is 0 Å². The highest BCUT2D eigenvalue weighted by atomic mass is 32.2. The molecule has 0 saturated carbocycles. The normalized spacial score (nSPS) is 10.8. The van der Waals surface area contributed by atoms with Crippen LogP contribution in [0.25, 0.3) is 0 Å². The smallest absolute Gasteiger partial charge is 0.265 e. The van der Waals surface area contributed by atoms with Crippen LogP contribution < -0.4 is 24.8 Å². The second-order valence-electron chi connectivity index (χ2n) is 7.14. The Balaban J connectivity index is 1.83. The number of ether oxygens (including phenoxy) is 2. The van der Waals surface area contributed by atoms with Gasteiger partial charge in [-0.2, -0.15) is 0 Å². The van der Waals surface area contributed by atoms with Gasteiger partial charge >= 0.3 is 0 Å². The zero-order valence-corrected chi connectivity index (χ0v) is 19.7. The number of benzene rings is 3. The van der Waals surface area contributed by atoms with Gasteiger partial charge in [-0.15, -0.1) is 0 Å². The largest absolute Gasteiger partial charge is 0.495 e. The van der Waals surface area contributed by atoms with Crippen LogP contribution in [0.15, 0.2) is 71.6 Å². The fraction of sp³-hybridized carbons (Fsp3) is 0.167. The Kier molecular flexibility index (Phi) is 7.75. The maximum absolute atomic E-state index is 13.1. The van der Waals surface area contributed by atoms with Crippen molar-refractivity contribution in [3.8, 4) is 11.5 Å². The number of anilines is 3. The molecular weight excluding hydrogens is 458 g/mol. The van der Waals surface area contributed by atoms with Crippen molar-refractivity contribution < 1.29 is 27.5 Å². The standard InChI is InChI=1S/C24H25N3O6S/c1-4-33-21-11-8-18(9-12-21)27-34(30,31)23-15-20(10-13-22(23)32-3)26-24(29)17-6-5-7-19(14-17)25-16(2)28/h5-15,27H,4H2,1-3H3,(H,25,28)(H,26,29). The zero-order chi connectivity index (χ0) is 24.7. The predicted octanol–water partition coefficient (Wildman–Crippen LogP) is 4.11. The van der Waals surface area contributed by atoms with Crippen molar-refractivity contribution >= 4 is 38.9 Å². The van der Waals surface area contributed by atoms with Gasteiger partial charge in [0.1, 0.15) is 16.4 Å². The van der Waals surface area contributed by atoms with E-state index in [1.165, 1.54) is 38.3 Å². The van der Waals surface area contributed by atoms with Crippen molar-refractivity contribution in [2.75, 3.05) is 29.1 Å². The van der Waals surface area contributed by atoms with Gasteiger partial charge in [-0.1, -0.05) is 6.07 Å². The summed E-state index contributed by atoms with van der Waals surface area (Å²) in [5.74, 6) is 0.00202. The fourth-order valence-electron chi connectivity index (χ4n) is 3.11. The van der Waals surface area contributed by atoms with E-state index in [1.807, 2.05) is 6.92 Å². The van der Waals surface area contributed by atoms with Crippen LogP contribution in [-0.4, -0.2) is 33.9 Å². The van der Waals surface area contributed by atoms with Crippen LogP contribution >= 0.6 is 0 Å². The maximum Gasteiger partial charge on any atom is 0.265 e. The molecule has 3 aromatic rings. The van der Waals surface area contributed by atoms with Crippen LogP contribution in [0.5, 0.6) is 11.5 Å². The van der Waals surface area contributed by atoms with Crippen LogP contribution in [0.1, 0.15) is 24.2 Å². The highest BCUT2D eigenvalue weighted by Gasteiger charge is 2.21. The Morgan fingerprint density at radius 2 is 1.56 bits per heavy atom. The first-order chi connectivity index (χ1) is 16.2. The molecule has 0 aliphatic heterocycles. The molecule has 3 rings (SSSR count). The van der Waals surface area contributed by atoms with Gasteiger partial charge in [0.05, 0.1) is 13.7 Å². The molecule has 178 valence electrons. The average Bonchev–Trinajstić information content (AvgIpc) is 2.80. The Morgan fingerprint density at radius 3 is 2.21 bits per heavy atom. The van der Waals surface area contributed by atoms with Gasteiger partial charge in [-0.25, -0.2) is 8.42 Å². The first-order valence-corrected chi connectivity index (χ1v) is 11.8. The quantitative estimate of drug-likeness (QED) is 0.421. The Bertz CT molecular complexity index is 1290. The van der Waals surface area contributed by atoms with E-state index >= 15 is 0 Å². The lowest BCUT2D eigenvalue weighted by Gasteiger charge is -2.14. The first-order valence-electron chi connectivity index (χ1n) is 10.3. The van der Waals surface area contributed by atoms with E-state index in [-0.39, 0.29) is 22.2 Å². The summed E-state index contributed by atoms with van der Waals surface area (Å²) in [6.45, 7) is 3.72. The van der Waals surface area contributed by atoms with Crippen LogP contribution in [0.3, 0.4) is 0 Å². The second-order valence-corrected chi connectivity index (χ2v) is 8.80. The zero-order valence-electron chi connectivity index (χ0n) is 18.9. The van der Waals surface area contributed by atoms with E-state index in [4.69, 9.17) is 9.47 Å². The molecule has 10 heteroatoms. The molecule has 0 aliphatic rings. The highest BCUT2D eigenvalue weighted by molar-refractivity contribution is 7.92. The number of nitrogens with one attached hydrogen (secondary N) is 3. The number of carbonyl (C=O) groups excluding carboxylic acids is 2. The first kappa shape index (κ1) is 24.6. The van der Waals surface area contributed by atoms with Gasteiger partial charge in [0.2, 0.25) is 5.91 Å². The third-order valence-electron chi connectivity index (χ3n) is 4.57. The van der Waals surface area contributed by atoms with Crippen LogP contribution in [0.4, 0.5) is 17.1 Å². The minimum absolute atomic E-state index is 0.115. The van der Waals surface area contributed by atoms with Gasteiger partial charge in [0, 0.05) is 29.5 Å². The molecule has 0 unspecified atom stereocenters. The summed E-state index contributed by atoms with van der Waals surface area (Å²) in [5, 5.41) is 5.28. The van der Waals surface area contributed by atoms with Crippen LogP contribution in [0.2, 0.25) is 0 Å². The lowest BCUT2D eigenvalue weighted by molar-refractivity contribution is -0.114. The van der Waals surface area contributed by atoms with Crippen molar-refractivity contribution in [2.24, 2.45) is 0 Å². The third-order valence-corrected chi connectivity index (χ3v) is 5.98. The van der Waals surface area contributed by atoms with E-state index in [9.17, 15) is 18.0 Å². The Morgan fingerprint density at radius 1 is 0.882 bits per heavy atom. The molecule has 0 spiro atoms. The summed E-state index contributed by atoms with van der Waals surface area (Å²) in [7, 11) is -2.68. The number of carbonyl (C=O) groups is 2. The molecule has 3 N–H and O–H groups in total. The lowest BCUT2D eigenvalue weighted by Crippen LogP contribution is -2.16. The summed E-state index contributed by atoms with van der Waals surface area (Å²) in [4.78, 5) is 23.8. The topological polar surface area (TPSA) is 123 Å². The van der Waals surface area contributed by atoms with Gasteiger partial charge < -0.3 is 20.1 Å². The molecule has 34 heavy (non-hydrogen) atoms. The molecule has 0 aliphatic carbocycles.